The van der Waals surface area contributed by atoms with E-state index >= 15 is 0 Å². The Kier molecular flexibility index (Phi) is 7.04. The van der Waals surface area contributed by atoms with Crippen molar-refractivity contribution in [2.45, 2.75) is 26.7 Å². The summed E-state index contributed by atoms with van der Waals surface area (Å²) >= 11 is 7.60. The average molecular weight is 480 g/mol. The Labute approximate surface area is 152 Å². The van der Waals surface area contributed by atoms with Crippen LogP contribution in [-0.2, 0) is 6.42 Å². The number of halogens is 2. The molecule has 1 aromatic carbocycles. The van der Waals surface area contributed by atoms with E-state index < -0.39 is 0 Å². The molecule has 1 N–H and O–H groups in total. The van der Waals surface area contributed by atoms with Crippen LogP contribution in [0, 0.1) is 9.49 Å². The molecular formula is C15H19BrIN3S. The minimum Gasteiger partial charge on any atom is -0.316 e. The summed E-state index contributed by atoms with van der Waals surface area (Å²) in [5.41, 5.74) is 1.13. The fraction of sp³-hybridized carbons (Fsp3) is 0.467. The minimum absolute atomic E-state index is 0.705. The second-order valence-electron chi connectivity index (χ2n) is 5.33. The molecule has 0 saturated carbocycles. The van der Waals surface area contributed by atoms with Crippen LogP contribution in [0.5, 0.6) is 0 Å². The third-order valence-corrected chi connectivity index (χ3v) is 5.30. The number of hydrogen-bond donors (Lipinski definition) is 1. The number of nitrogens with zero attached hydrogens (tertiary/aromatic N) is 2. The van der Waals surface area contributed by atoms with Gasteiger partial charge in [-0.05, 0) is 66.2 Å². The van der Waals surface area contributed by atoms with Crippen molar-refractivity contribution in [1.29, 1.82) is 0 Å². The highest BCUT2D eigenvalue weighted by molar-refractivity contribution is 14.1. The summed E-state index contributed by atoms with van der Waals surface area (Å²) in [6, 6.07) is 6.28. The van der Waals surface area contributed by atoms with Crippen LogP contribution < -0.4 is 5.32 Å². The molecule has 0 aliphatic heterocycles. The summed E-state index contributed by atoms with van der Waals surface area (Å²) in [6.45, 7) is 6.57. The summed E-state index contributed by atoms with van der Waals surface area (Å²) in [5, 5.41) is 14.2. The topological polar surface area (TPSA) is 37.8 Å². The third-order valence-electron chi connectivity index (χ3n) is 2.92. The van der Waals surface area contributed by atoms with E-state index in [0.717, 1.165) is 46.0 Å². The molecule has 0 radical (unpaired) electrons. The van der Waals surface area contributed by atoms with Crippen molar-refractivity contribution in [3.8, 4) is 10.6 Å². The Hall–Kier alpha value is -0.0500. The molecule has 21 heavy (non-hydrogen) atoms. The predicted octanol–water partition coefficient (Wildman–Crippen LogP) is 4.75. The second-order valence-corrected chi connectivity index (χ2v) is 8.49. The maximum Gasteiger partial charge on any atom is 0.148 e. The minimum atomic E-state index is 0.705. The van der Waals surface area contributed by atoms with Gasteiger partial charge in [-0.2, -0.15) is 0 Å². The Bertz CT molecular complexity index is 586. The van der Waals surface area contributed by atoms with Crippen LogP contribution in [0.4, 0.5) is 0 Å². The van der Waals surface area contributed by atoms with Crippen molar-refractivity contribution in [3.63, 3.8) is 0 Å². The highest BCUT2D eigenvalue weighted by atomic mass is 127. The van der Waals surface area contributed by atoms with Gasteiger partial charge in [0.2, 0.25) is 0 Å². The van der Waals surface area contributed by atoms with Gasteiger partial charge < -0.3 is 5.32 Å². The van der Waals surface area contributed by atoms with Crippen LogP contribution in [0.15, 0.2) is 22.7 Å². The molecule has 0 aliphatic carbocycles. The van der Waals surface area contributed by atoms with E-state index in [1.165, 1.54) is 3.57 Å². The standard InChI is InChI=1S/C15H19BrIN3S/c1-10(2)9-18-7-3-4-14-19-20-15(21-14)12-8-11(17)5-6-13(12)16/h5-6,8,10,18H,3-4,7,9H2,1-2H3. The van der Waals surface area contributed by atoms with Crippen molar-refractivity contribution in [3.05, 3.63) is 31.2 Å². The summed E-state index contributed by atoms with van der Waals surface area (Å²) in [5.74, 6) is 0.705. The molecular weight excluding hydrogens is 461 g/mol. The van der Waals surface area contributed by atoms with Crippen LogP contribution in [-0.4, -0.2) is 23.3 Å². The van der Waals surface area contributed by atoms with Gasteiger partial charge in [-0.1, -0.05) is 41.1 Å². The lowest BCUT2D eigenvalue weighted by molar-refractivity contribution is 0.542. The van der Waals surface area contributed by atoms with Crippen molar-refractivity contribution in [2.24, 2.45) is 5.92 Å². The van der Waals surface area contributed by atoms with Crippen LogP contribution in [0.25, 0.3) is 10.6 Å². The van der Waals surface area contributed by atoms with Gasteiger partial charge in [0.15, 0.2) is 0 Å². The predicted molar refractivity (Wildman–Crippen MR) is 102 cm³/mol. The van der Waals surface area contributed by atoms with Crippen LogP contribution in [0.3, 0.4) is 0 Å². The first-order valence-electron chi connectivity index (χ1n) is 7.05. The Morgan fingerprint density at radius 2 is 2.14 bits per heavy atom. The zero-order valence-electron chi connectivity index (χ0n) is 12.2. The molecule has 3 nitrogen and oxygen atoms in total. The highest BCUT2D eigenvalue weighted by Gasteiger charge is 2.10. The van der Waals surface area contributed by atoms with E-state index in [9.17, 15) is 0 Å². The summed E-state index contributed by atoms with van der Waals surface area (Å²) < 4.78 is 2.28. The van der Waals surface area contributed by atoms with Gasteiger partial charge in [0.25, 0.3) is 0 Å². The van der Waals surface area contributed by atoms with Crippen molar-refractivity contribution >= 4 is 49.9 Å². The van der Waals surface area contributed by atoms with Gasteiger partial charge in [0, 0.05) is 20.0 Å². The number of benzene rings is 1. The maximum atomic E-state index is 4.33. The molecule has 1 heterocycles. The molecule has 0 bridgehead atoms. The quantitative estimate of drug-likeness (QED) is 0.460. The number of rotatable bonds is 7. The van der Waals surface area contributed by atoms with E-state index in [2.05, 4.69) is 86.1 Å². The van der Waals surface area contributed by atoms with Crippen LogP contribution >= 0.6 is 49.9 Å². The Morgan fingerprint density at radius 3 is 2.90 bits per heavy atom. The first-order valence-corrected chi connectivity index (χ1v) is 9.73. The van der Waals surface area contributed by atoms with E-state index in [-0.39, 0.29) is 0 Å². The third kappa shape index (κ3) is 5.58. The van der Waals surface area contributed by atoms with Crippen molar-refractivity contribution in [1.82, 2.24) is 15.5 Å². The molecule has 114 valence electrons. The molecule has 1 aromatic heterocycles. The Morgan fingerprint density at radius 1 is 1.33 bits per heavy atom. The normalized spacial score (nSPS) is 11.3. The lowest BCUT2D eigenvalue weighted by atomic mass is 10.2. The van der Waals surface area contributed by atoms with Crippen LogP contribution in [0.1, 0.15) is 25.3 Å². The van der Waals surface area contributed by atoms with E-state index in [0.29, 0.717) is 5.92 Å². The maximum absolute atomic E-state index is 4.33. The lowest BCUT2D eigenvalue weighted by Crippen LogP contribution is -2.21. The van der Waals surface area contributed by atoms with E-state index in [4.69, 9.17) is 0 Å². The largest absolute Gasteiger partial charge is 0.316 e. The molecule has 0 spiro atoms. The van der Waals surface area contributed by atoms with Crippen molar-refractivity contribution < 1.29 is 0 Å². The molecule has 0 saturated heterocycles. The van der Waals surface area contributed by atoms with Gasteiger partial charge in [-0.15, -0.1) is 10.2 Å². The molecule has 0 aliphatic rings. The molecule has 0 fully saturated rings. The molecule has 0 unspecified atom stereocenters. The monoisotopic (exact) mass is 479 g/mol. The van der Waals surface area contributed by atoms with E-state index in [1.807, 2.05) is 0 Å². The number of hydrogen-bond acceptors (Lipinski definition) is 4. The van der Waals surface area contributed by atoms with Gasteiger partial charge >= 0.3 is 0 Å². The number of aromatic nitrogens is 2. The lowest BCUT2D eigenvalue weighted by Gasteiger charge is -2.05. The first kappa shape index (κ1) is 17.3. The number of nitrogens with one attached hydrogen (secondary N) is 1. The average Bonchev–Trinajstić information content (AvgIpc) is 2.89. The molecule has 2 aromatic rings. The zero-order valence-corrected chi connectivity index (χ0v) is 16.8. The van der Waals surface area contributed by atoms with Crippen LogP contribution in [0.2, 0.25) is 0 Å². The SMILES string of the molecule is CC(C)CNCCCc1nnc(-c2cc(I)ccc2Br)s1. The Balaban J connectivity index is 1.91. The second kappa shape index (κ2) is 8.55. The van der Waals surface area contributed by atoms with E-state index in [1.54, 1.807) is 11.3 Å². The van der Waals surface area contributed by atoms with Gasteiger partial charge in [-0.3, -0.25) is 0 Å². The fourth-order valence-electron chi connectivity index (χ4n) is 1.88. The summed E-state index contributed by atoms with van der Waals surface area (Å²) in [4.78, 5) is 0. The van der Waals surface area contributed by atoms with Gasteiger partial charge in [0.05, 0.1) is 0 Å². The van der Waals surface area contributed by atoms with Gasteiger partial charge in [0.1, 0.15) is 10.0 Å². The molecule has 0 amide bonds. The highest BCUT2D eigenvalue weighted by Crippen LogP contribution is 2.32. The zero-order chi connectivity index (χ0) is 15.2. The number of aryl methyl sites for hydroxylation is 1. The summed E-state index contributed by atoms with van der Waals surface area (Å²) in [7, 11) is 0. The van der Waals surface area contributed by atoms with Gasteiger partial charge in [-0.25, -0.2) is 0 Å². The molecule has 2 rings (SSSR count). The van der Waals surface area contributed by atoms with Crippen molar-refractivity contribution in [2.75, 3.05) is 13.1 Å². The smallest absolute Gasteiger partial charge is 0.148 e. The molecule has 0 atom stereocenters. The first-order chi connectivity index (χ1) is 10.1. The fourth-order valence-corrected chi connectivity index (χ4v) is 3.85. The summed E-state index contributed by atoms with van der Waals surface area (Å²) in [6.07, 6.45) is 2.10. The molecule has 6 heteroatoms.